The summed E-state index contributed by atoms with van der Waals surface area (Å²) < 4.78 is 11.8. The van der Waals surface area contributed by atoms with E-state index < -0.39 is 24.6 Å². The second-order valence-electron chi connectivity index (χ2n) is 4.67. The number of H-pyrrole nitrogens is 1. The lowest BCUT2D eigenvalue weighted by Crippen LogP contribution is -2.35. The Balaban J connectivity index is 1.85. The van der Waals surface area contributed by atoms with Crippen LogP contribution in [0.2, 0.25) is 0 Å². The highest BCUT2D eigenvalue weighted by Gasteiger charge is 2.44. The highest BCUT2D eigenvalue weighted by molar-refractivity contribution is 9.10. The molecule has 6 nitrogen and oxygen atoms in total. The molecular weight excluding hydrogens is 330 g/mol. The highest BCUT2D eigenvalue weighted by Crippen LogP contribution is 2.31. The molecule has 1 aromatic carbocycles. The topological polar surface area (TPSA) is 94.9 Å². The van der Waals surface area contributed by atoms with Gasteiger partial charge in [0.25, 0.3) is 0 Å². The summed E-state index contributed by atoms with van der Waals surface area (Å²) in [5.74, 6) is 0.510. The first kappa shape index (κ1) is 13.8. The second-order valence-corrected chi connectivity index (χ2v) is 5.58. The lowest BCUT2D eigenvalue weighted by atomic mass is 10.1. The Kier molecular flexibility index (Phi) is 3.70. The highest BCUT2D eigenvalue weighted by atomic mass is 79.9. The predicted octanol–water partition coefficient (Wildman–Crippen LogP) is 0.748. The van der Waals surface area contributed by atoms with E-state index in [2.05, 4.69) is 20.9 Å². The third kappa shape index (κ3) is 2.32. The lowest BCUT2D eigenvalue weighted by molar-refractivity contribution is -0.115. The minimum absolute atomic E-state index is 0.377. The molecule has 1 aliphatic heterocycles. The number of aliphatic hydroxyl groups is 3. The van der Waals surface area contributed by atoms with Crippen molar-refractivity contribution < 1.29 is 24.8 Å². The minimum atomic E-state index is -1.20. The van der Waals surface area contributed by atoms with Crippen LogP contribution in [-0.4, -0.2) is 51.5 Å². The maximum atomic E-state index is 9.85. The molecule has 3 rings (SSSR count). The largest absolute Gasteiger partial charge is 0.460 e. The summed E-state index contributed by atoms with van der Waals surface area (Å²) in [6.45, 7) is -0.377. The van der Waals surface area contributed by atoms with E-state index in [0.717, 1.165) is 15.4 Å². The van der Waals surface area contributed by atoms with E-state index in [-0.39, 0.29) is 6.61 Å². The number of aromatic amines is 1. The smallest absolute Gasteiger partial charge is 0.229 e. The van der Waals surface area contributed by atoms with E-state index in [1.807, 2.05) is 18.2 Å². The van der Waals surface area contributed by atoms with E-state index in [0.29, 0.717) is 5.75 Å². The van der Waals surface area contributed by atoms with Gasteiger partial charge in [0.1, 0.15) is 24.1 Å². The van der Waals surface area contributed by atoms with Crippen molar-refractivity contribution in [2.24, 2.45) is 0 Å². The molecule has 0 unspecified atom stereocenters. The van der Waals surface area contributed by atoms with Crippen molar-refractivity contribution in [3.63, 3.8) is 0 Å². The van der Waals surface area contributed by atoms with Crippen molar-refractivity contribution in [1.82, 2.24) is 4.98 Å². The van der Waals surface area contributed by atoms with Crippen LogP contribution in [0.5, 0.6) is 5.75 Å². The van der Waals surface area contributed by atoms with Crippen molar-refractivity contribution in [3.05, 3.63) is 28.9 Å². The SMILES string of the molecule is OC[C@H]1O[C@H](Oc2c[nH]c3ccc(Br)cc23)[C@@H](O)[C@@H]1O. The zero-order chi connectivity index (χ0) is 14.3. The van der Waals surface area contributed by atoms with Gasteiger partial charge < -0.3 is 29.8 Å². The van der Waals surface area contributed by atoms with E-state index in [9.17, 15) is 10.2 Å². The van der Waals surface area contributed by atoms with Crippen LogP contribution >= 0.6 is 15.9 Å². The van der Waals surface area contributed by atoms with Crippen LogP contribution in [0, 0.1) is 0 Å². The molecule has 0 spiro atoms. The van der Waals surface area contributed by atoms with Gasteiger partial charge >= 0.3 is 0 Å². The molecule has 1 saturated heterocycles. The molecule has 7 heteroatoms. The summed E-state index contributed by atoms with van der Waals surface area (Å²) in [5, 5.41) is 29.4. The zero-order valence-corrected chi connectivity index (χ0v) is 11.9. The second kappa shape index (κ2) is 5.34. The molecule has 1 aromatic heterocycles. The first-order chi connectivity index (χ1) is 9.60. The van der Waals surface area contributed by atoms with Crippen LogP contribution in [0.15, 0.2) is 28.9 Å². The Morgan fingerprint density at radius 3 is 2.80 bits per heavy atom. The molecule has 4 N–H and O–H groups in total. The fraction of sp³-hybridized carbons (Fsp3) is 0.385. The molecule has 1 aliphatic rings. The summed E-state index contributed by atoms with van der Waals surface area (Å²) in [5.41, 5.74) is 0.884. The van der Waals surface area contributed by atoms with Gasteiger partial charge in [0.05, 0.1) is 6.61 Å². The van der Waals surface area contributed by atoms with E-state index in [1.165, 1.54) is 0 Å². The van der Waals surface area contributed by atoms with Crippen molar-refractivity contribution in [2.45, 2.75) is 24.6 Å². The summed E-state index contributed by atoms with van der Waals surface area (Å²) in [4.78, 5) is 3.05. The molecule has 0 saturated carbocycles. The number of rotatable bonds is 3. The van der Waals surface area contributed by atoms with E-state index >= 15 is 0 Å². The molecule has 2 heterocycles. The van der Waals surface area contributed by atoms with Gasteiger partial charge in [-0.2, -0.15) is 0 Å². The van der Waals surface area contributed by atoms with Crippen molar-refractivity contribution >= 4 is 26.8 Å². The average Bonchev–Trinajstić information content (AvgIpc) is 2.95. The number of aliphatic hydroxyl groups excluding tert-OH is 3. The Hall–Kier alpha value is -1.12. The quantitative estimate of drug-likeness (QED) is 0.659. The van der Waals surface area contributed by atoms with Crippen LogP contribution < -0.4 is 4.74 Å². The standard InChI is InChI=1S/C13H14BrNO5/c14-6-1-2-8-7(3-6)9(4-15-8)19-13-12(18)11(17)10(5-16)20-13/h1-4,10-13,15-18H,5H2/t10-,11-,12+,13+/m1/s1. The van der Waals surface area contributed by atoms with E-state index in [1.54, 1.807) is 6.20 Å². The number of benzene rings is 1. The van der Waals surface area contributed by atoms with Crippen LogP contribution in [0.25, 0.3) is 10.9 Å². The van der Waals surface area contributed by atoms with Gasteiger partial charge in [-0.25, -0.2) is 0 Å². The summed E-state index contributed by atoms with van der Waals surface area (Å²) in [6, 6.07) is 5.67. The van der Waals surface area contributed by atoms with Gasteiger partial charge in [-0.1, -0.05) is 15.9 Å². The third-order valence-corrected chi connectivity index (χ3v) is 3.84. The molecular formula is C13H14BrNO5. The molecule has 0 bridgehead atoms. The molecule has 2 aromatic rings. The summed E-state index contributed by atoms with van der Waals surface area (Å²) in [6.07, 6.45) is -2.57. The van der Waals surface area contributed by atoms with Crippen molar-refractivity contribution in [3.8, 4) is 5.75 Å². The average molecular weight is 344 g/mol. The normalized spacial score (nSPS) is 30.0. The zero-order valence-electron chi connectivity index (χ0n) is 10.4. The maximum Gasteiger partial charge on any atom is 0.229 e. The summed E-state index contributed by atoms with van der Waals surface area (Å²) in [7, 11) is 0. The van der Waals surface area contributed by atoms with E-state index in [4.69, 9.17) is 14.6 Å². The number of hydrogen-bond acceptors (Lipinski definition) is 5. The van der Waals surface area contributed by atoms with Gasteiger partial charge in [-0.05, 0) is 18.2 Å². The predicted molar refractivity (Wildman–Crippen MR) is 74.4 cm³/mol. The van der Waals surface area contributed by atoms with Crippen LogP contribution in [0.1, 0.15) is 0 Å². The van der Waals surface area contributed by atoms with Crippen LogP contribution in [0.4, 0.5) is 0 Å². The molecule has 0 aliphatic carbocycles. The molecule has 0 amide bonds. The molecule has 20 heavy (non-hydrogen) atoms. The first-order valence-corrected chi connectivity index (χ1v) is 6.95. The molecule has 0 radical (unpaired) electrons. The Morgan fingerprint density at radius 1 is 1.30 bits per heavy atom. The first-order valence-electron chi connectivity index (χ1n) is 6.16. The van der Waals surface area contributed by atoms with Gasteiger partial charge in [-0.3, -0.25) is 0 Å². The summed E-state index contributed by atoms with van der Waals surface area (Å²) >= 11 is 3.38. The number of halogens is 1. The van der Waals surface area contributed by atoms with Gasteiger partial charge in [0.15, 0.2) is 0 Å². The minimum Gasteiger partial charge on any atom is -0.460 e. The number of aromatic nitrogens is 1. The number of hydrogen-bond donors (Lipinski definition) is 4. The van der Waals surface area contributed by atoms with Gasteiger partial charge in [0, 0.05) is 21.6 Å². The number of nitrogens with one attached hydrogen (secondary N) is 1. The maximum absolute atomic E-state index is 9.85. The Bertz CT molecular complexity index is 616. The molecule has 108 valence electrons. The van der Waals surface area contributed by atoms with Crippen LogP contribution in [-0.2, 0) is 4.74 Å². The molecule has 4 atom stereocenters. The molecule has 1 fully saturated rings. The van der Waals surface area contributed by atoms with Crippen molar-refractivity contribution in [2.75, 3.05) is 6.61 Å². The lowest BCUT2D eigenvalue weighted by Gasteiger charge is -2.16. The Labute approximate surface area is 123 Å². The number of fused-ring (bicyclic) bond motifs is 1. The third-order valence-electron chi connectivity index (χ3n) is 3.35. The van der Waals surface area contributed by atoms with Gasteiger partial charge in [-0.15, -0.1) is 0 Å². The van der Waals surface area contributed by atoms with Crippen molar-refractivity contribution in [1.29, 1.82) is 0 Å². The fourth-order valence-electron chi connectivity index (χ4n) is 2.25. The van der Waals surface area contributed by atoms with Gasteiger partial charge in [0.2, 0.25) is 6.29 Å². The van der Waals surface area contributed by atoms with Crippen LogP contribution in [0.3, 0.4) is 0 Å². The number of ether oxygens (including phenoxy) is 2. The monoisotopic (exact) mass is 343 g/mol. The Morgan fingerprint density at radius 2 is 2.10 bits per heavy atom. The fourth-order valence-corrected chi connectivity index (χ4v) is 2.61.